The van der Waals surface area contributed by atoms with Crippen LogP contribution in [0.3, 0.4) is 0 Å². The Morgan fingerprint density at radius 3 is 2.10 bits per heavy atom. The number of carbonyl (C=O) groups is 2. The van der Waals surface area contributed by atoms with E-state index in [1.165, 1.54) is 0 Å². The molecule has 1 heterocycles. The number of benzene rings is 2. The Hall–Kier alpha value is -2.08. The molecule has 160 valence electrons. The molecule has 1 aliphatic heterocycles. The van der Waals surface area contributed by atoms with Gasteiger partial charge in [0.2, 0.25) is 11.8 Å². The molecule has 0 spiro atoms. The minimum atomic E-state index is -0.572. The summed E-state index contributed by atoms with van der Waals surface area (Å²) in [4.78, 5) is 29.4. The van der Waals surface area contributed by atoms with Crippen molar-refractivity contribution in [2.24, 2.45) is 0 Å². The fourth-order valence-electron chi connectivity index (χ4n) is 3.87. The molecule has 0 radical (unpaired) electrons. The van der Waals surface area contributed by atoms with Gasteiger partial charge in [-0.2, -0.15) is 0 Å². The van der Waals surface area contributed by atoms with Crippen LogP contribution in [-0.4, -0.2) is 48.4 Å². The average Bonchev–Trinajstić information content (AvgIpc) is 2.73. The fraction of sp³-hybridized carbons (Fsp3) is 0.391. The second-order valence-corrected chi connectivity index (χ2v) is 8.49. The molecule has 3 rings (SSSR count). The third kappa shape index (κ3) is 4.80. The largest absolute Gasteiger partial charge is 0.361 e. The Balaban J connectivity index is 2.12. The fourth-order valence-corrected chi connectivity index (χ4v) is 4.13. The van der Waals surface area contributed by atoms with Gasteiger partial charge in [0, 0.05) is 24.1 Å². The number of ether oxygens (including phenoxy) is 1. The number of rotatable bonds is 6. The zero-order chi connectivity index (χ0) is 21.8. The van der Waals surface area contributed by atoms with Crippen molar-refractivity contribution >= 4 is 35.0 Å². The Kier molecular flexibility index (Phi) is 7.40. The second-order valence-electron chi connectivity index (χ2n) is 7.62. The molecule has 0 saturated carbocycles. The maximum atomic E-state index is 13.1. The smallest absolute Gasteiger partial charge is 0.249 e. The number of hydrogen-bond donors (Lipinski definition) is 0. The van der Waals surface area contributed by atoms with Crippen molar-refractivity contribution in [3.05, 3.63) is 69.7 Å². The van der Waals surface area contributed by atoms with Crippen molar-refractivity contribution in [2.75, 3.05) is 20.7 Å². The van der Waals surface area contributed by atoms with Gasteiger partial charge in [-0.25, -0.2) is 0 Å². The highest BCUT2D eigenvalue weighted by Gasteiger charge is 2.44. The van der Waals surface area contributed by atoms with Crippen LogP contribution in [0.25, 0.3) is 0 Å². The average molecular weight is 449 g/mol. The van der Waals surface area contributed by atoms with Crippen molar-refractivity contribution < 1.29 is 14.3 Å². The Morgan fingerprint density at radius 2 is 1.60 bits per heavy atom. The summed E-state index contributed by atoms with van der Waals surface area (Å²) in [7, 11) is 3.42. The second kappa shape index (κ2) is 9.82. The molecule has 1 aliphatic rings. The van der Waals surface area contributed by atoms with Gasteiger partial charge >= 0.3 is 0 Å². The highest BCUT2D eigenvalue weighted by Crippen LogP contribution is 2.42. The van der Waals surface area contributed by atoms with E-state index < -0.39 is 18.2 Å². The summed E-state index contributed by atoms with van der Waals surface area (Å²) in [6.45, 7) is 1.92. The van der Waals surface area contributed by atoms with E-state index in [1.54, 1.807) is 48.2 Å². The van der Waals surface area contributed by atoms with Gasteiger partial charge in [0.05, 0.1) is 6.04 Å². The minimum Gasteiger partial charge on any atom is -0.361 e. The lowest BCUT2D eigenvalue weighted by molar-refractivity contribution is -0.168. The molecule has 0 aliphatic carbocycles. The monoisotopic (exact) mass is 448 g/mol. The molecule has 5 nitrogen and oxygen atoms in total. The third-order valence-electron chi connectivity index (χ3n) is 5.29. The first-order valence-corrected chi connectivity index (χ1v) is 10.7. The lowest BCUT2D eigenvalue weighted by Crippen LogP contribution is -2.55. The first kappa shape index (κ1) is 22.6. The normalized spacial score (nSPS) is 20.2. The number of likely N-dealkylation sites (N-methyl/N-ethyl adjacent to an activating group) is 1. The predicted molar refractivity (Wildman–Crippen MR) is 119 cm³/mol. The molecular weight excluding hydrogens is 423 g/mol. The zero-order valence-corrected chi connectivity index (χ0v) is 18.9. The first-order chi connectivity index (χ1) is 14.3. The van der Waals surface area contributed by atoms with E-state index in [4.69, 9.17) is 27.9 Å². The third-order valence-corrected chi connectivity index (χ3v) is 5.80. The summed E-state index contributed by atoms with van der Waals surface area (Å²) in [5.41, 5.74) is 1.75. The van der Waals surface area contributed by atoms with Crippen LogP contribution in [0, 0.1) is 0 Å². The van der Waals surface area contributed by atoms with Crippen molar-refractivity contribution in [3.63, 3.8) is 0 Å². The SMILES string of the molecule is CCC[C@@H](C(=O)N(C)C)N1C(=O)CO[C@@H](c2ccc(Cl)cc2)[C@H]1c1ccc(Cl)cc1. The van der Waals surface area contributed by atoms with Gasteiger partial charge in [-0.3, -0.25) is 9.59 Å². The van der Waals surface area contributed by atoms with Gasteiger partial charge in [0.25, 0.3) is 0 Å². The van der Waals surface area contributed by atoms with Crippen LogP contribution in [0.4, 0.5) is 0 Å². The van der Waals surface area contributed by atoms with Gasteiger partial charge in [-0.05, 0) is 41.8 Å². The van der Waals surface area contributed by atoms with Crippen molar-refractivity contribution in [3.8, 4) is 0 Å². The number of morpholine rings is 1. The zero-order valence-electron chi connectivity index (χ0n) is 17.3. The molecule has 2 amide bonds. The lowest BCUT2D eigenvalue weighted by Gasteiger charge is -2.45. The maximum absolute atomic E-state index is 13.1. The topological polar surface area (TPSA) is 49.9 Å². The van der Waals surface area contributed by atoms with Crippen molar-refractivity contribution in [1.29, 1.82) is 0 Å². The summed E-state index contributed by atoms with van der Waals surface area (Å²) >= 11 is 12.2. The molecule has 3 atom stereocenters. The predicted octanol–water partition coefficient (Wildman–Crippen LogP) is 4.89. The van der Waals surface area contributed by atoms with Crippen LogP contribution >= 0.6 is 23.2 Å². The molecule has 0 aromatic heterocycles. The molecule has 1 fully saturated rings. The number of halogens is 2. The van der Waals surface area contributed by atoms with E-state index in [1.807, 2.05) is 31.2 Å². The number of carbonyl (C=O) groups excluding carboxylic acids is 2. The number of nitrogens with zero attached hydrogens (tertiary/aromatic N) is 2. The minimum absolute atomic E-state index is 0.0850. The summed E-state index contributed by atoms with van der Waals surface area (Å²) in [6.07, 6.45) is 0.907. The standard InChI is InChI=1S/C23H26Cl2N2O3/c1-4-5-19(23(29)26(2)3)27-20(28)14-30-22(16-8-12-18(25)13-9-16)21(27)15-6-10-17(24)11-7-15/h6-13,19,21-22H,4-5,14H2,1-3H3/t19-,21+,22-/m0/s1. The van der Waals surface area contributed by atoms with Gasteiger partial charge in [-0.1, -0.05) is 60.8 Å². The summed E-state index contributed by atoms with van der Waals surface area (Å²) < 4.78 is 6.02. The highest BCUT2D eigenvalue weighted by molar-refractivity contribution is 6.30. The molecular formula is C23H26Cl2N2O3. The van der Waals surface area contributed by atoms with Gasteiger partial charge in [0.1, 0.15) is 18.8 Å². The molecule has 30 heavy (non-hydrogen) atoms. The van der Waals surface area contributed by atoms with Crippen molar-refractivity contribution in [2.45, 2.75) is 38.0 Å². The first-order valence-electron chi connectivity index (χ1n) is 9.98. The number of amides is 2. The van der Waals surface area contributed by atoms with Gasteiger partial charge in [-0.15, -0.1) is 0 Å². The van der Waals surface area contributed by atoms with E-state index in [0.717, 1.165) is 17.5 Å². The van der Waals surface area contributed by atoms with Crippen LogP contribution in [0.2, 0.25) is 10.0 Å². The summed E-state index contributed by atoms with van der Waals surface area (Å²) in [6, 6.07) is 13.7. The Bertz CT molecular complexity index is 884. The van der Waals surface area contributed by atoms with Gasteiger partial charge in [0.15, 0.2) is 0 Å². The van der Waals surface area contributed by atoms with Crippen LogP contribution in [0.1, 0.15) is 43.0 Å². The van der Waals surface area contributed by atoms with Crippen LogP contribution in [0.5, 0.6) is 0 Å². The molecule has 2 aromatic rings. The van der Waals surface area contributed by atoms with E-state index in [9.17, 15) is 9.59 Å². The quantitative estimate of drug-likeness (QED) is 0.631. The molecule has 0 N–H and O–H groups in total. The molecule has 1 saturated heterocycles. The molecule has 0 unspecified atom stereocenters. The molecule has 7 heteroatoms. The van der Waals surface area contributed by atoms with E-state index >= 15 is 0 Å². The molecule has 2 aromatic carbocycles. The van der Waals surface area contributed by atoms with Crippen LogP contribution in [0.15, 0.2) is 48.5 Å². The number of hydrogen-bond acceptors (Lipinski definition) is 3. The van der Waals surface area contributed by atoms with E-state index in [-0.39, 0.29) is 18.4 Å². The molecule has 0 bridgehead atoms. The van der Waals surface area contributed by atoms with E-state index in [0.29, 0.717) is 16.5 Å². The summed E-state index contributed by atoms with van der Waals surface area (Å²) in [5, 5.41) is 1.23. The maximum Gasteiger partial charge on any atom is 0.249 e. The van der Waals surface area contributed by atoms with E-state index in [2.05, 4.69) is 0 Å². The van der Waals surface area contributed by atoms with Crippen LogP contribution < -0.4 is 0 Å². The van der Waals surface area contributed by atoms with Crippen molar-refractivity contribution in [1.82, 2.24) is 9.80 Å². The van der Waals surface area contributed by atoms with Gasteiger partial charge < -0.3 is 14.5 Å². The summed E-state index contributed by atoms with van der Waals surface area (Å²) in [5.74, 6) is -0.297. The Morgan fingerprint density at radius 1 is 1.07 bits per heavy atom. The van der Waals surface area contributed by atoms with Crippen LogP contribution in [-0.2, 0) is 14.3 Å². The highest BCUT2D eigenvalue weighted by atomic mass is 35.5. The Labute approximate surface area is 187 Å². The lowest BCUT2D eigenvalue weighted by atomic mass is 9.90.